The van der Waals surface area contributed by atoms with E-state index in [0.717, 1.165) is 17.3 Å². The van der Waals surface area contributed by atoms with Crippen molar-refractivity contribution in [3.8, 4) is 0 Å². The zero-order valence-corrected chi connectivity index (χ0v) is 19.7. The third kappa shape index (κ3) is 6.72. The Labute approximate surface area is 198 Å². The van der Waals surface area contributed by atoms with Gasteiger partial charge in [-0.2, -0.15) is 13.2 Å². The molecule has 184 valence electrons. The molecule has 2 aromatic rings. The van der Waals surface area contributed by atoms with Crippen LogP contribution in [-0.2, 0) is 15.8 Å². The Kier molecular flexibility index (Phi) is 8.19. The average Bonchev–Trinajstić information content (AvgIpc) is 2.78. The van der Waals surface area contributed by atoms with Gasteiger partial charge in [0.25, 0.3) is 0 Å². The van der Waals surface area contributed by atoms with E-state index in [1.165, 1.54) is 18.2 Å². The molecule has 1 aliphatic rings. The van der Waals surface area contributed by atoms with Gasteiger partial charge in [-0.15, -0.1) is 0 Å². The number of nitrogens with zero attached hydrogens (tertiary/aromatic N) is 3. The minimum absolute atomic E-state index is 0.0116. The maximum atomic E-state index is 13.1. The normalized spacial score (nSPS) is 14.9. The summed E-state index contributed by atoms with van der Waals surface area (Å²) in [5.74, 6) is -0.501. The predicted molar refractivity (Wildman–Crippen MR) is 127 cm³/mol. The first-order chi connectivity index (χ1) is 16.0. The predicted octanol–water partition coefficient (Wildman–Crippen LogP) is 4.01. The van der Waals surface area contributed by atoms with Crippen LogP contribution >= 0.6 is 0 Å². The summed E-state index contributed by atoms with van der Waals surface area (Å²) in [5.41, 5.74) is 1.02. The molecule has 0 bridgehead atoms. The Morgan fingerprint density at radius 3 is 2.21 bits per heavy atom. The molecule has 0 spiro atoms. The Morgan fingerprint density at radius 2 is 1.62 bits per heavy atom. The summed E-state index contributed by atoms with van der Waals surface area (Å²) in [4.78, 5) is 31.0. The maximum Gasteiger partial charge on any atom is 0.418 e. The van der Waals surface area contributed by atoms with Gasteiger partial charge >= 0.3 is 6.18 Å². The van der Waals surface area contributed by atoms with Crippen LogP contribution in [0.4, 0.5) is 24.5 Å². The number of para-hydroxylation sites is 1. The number of hydrogen-bond acceptors (Lipinski definition) is 4. The molecule has 0 aliphatic carbocycles. The fraction of sp³-hybridized carbons (Fsp3) is 0.440. The van der Waals surface area contributed by atoms with E-state index in [1.807, 2.05) is 49.9 Å². The van der Waals surface area contributed by atoms with Crippen molar-refractivity contribution in [2.75, 3.05) is 49.5 Å². The largest absolute Gasteiger partial charge is 0.418 e. The van der Waals surface area contributed by atoms with Gasteiger partial charge in [0.1, 0.15) is 0 Å². The van der Waals surface area contributed by atoms with Gasteiger partial charge in [-0.25, -0.2) is 0 Å². The van der Waals surface area contributed by atoms with Crippen molar-refractivity contribution in [2.45, 2.75) is 33.0 Å². The minimum Gasteiger partial charge on any atom is -0.360 e. The molecule has 1 heterocycles. The molecule has 0 unspecified atom stereocenters. The fourth-order valence-corrected chi connectivity index (χ4v) is 3.94. The number of rotatable bonds is 7. The number of anilines is 2. The molecule has 9 heteroatoms. The molecule has 0 radical (unpaired) electrons. The highest BCUT2D eigenvalue weighted by atomic mass is 19.4. The lowest BCUT2D eigenvalue weighted by molar-refractivity contribution is -0.137. The van der Waals surface area contributed by atoms with Crippen LogP contribution in [0, 0.1) is 6.92 Å². The maximum absolute atomic E-state index is 13.1. The van der Waals surface area contributed by atoms with Gasteiger partial charge in [0.2, 0.25) is 11.8 Å². The third-order valence-electron chi connectivity index (χ3n) is 5.89. The van der Waals surface area contributed by atoms with Crippen LogP contribution in [0.3, 0.4) is 0 Å². The summed E-state index contributed by atoms with van der Waals surface area (Å²) in [6.45, 7) is 8.21. The van der Waals surface area contributed by atoms with E-state index in [1.54, 1.807) is 4.90 Å². The van der Waals surface area contributed by atoms with Crippen molar-refractivity contribution in [3.63, 3.8) is 0 Å². The van der Waals surface area contributed by atoms with Crippen molar-refractivity contribution in [2.24, 2.45) is 0 Å². The smallest absolute Gasteiger partial charge is 0.360 e. The highest BCUT2D eigenvalue weighted by Crippen LogP contribution is 2.34. The number of halogens is 3. The second-order valence-corrected chi connectivity index (χ2v) is 8.81. The van der Waals surface area contributed by atoms with E-state index in [-0.39, 0.29) is 30.7 Å². The van der Waals surface area contributed by atoms with Crippen molar-refractivity contribution in [3.05, 3.63) is 59.7 Å². The molecule has 2 amide bonds. The second kappa shape index (κ2) is 10.9. The van der Waals surface area contributed by atoms with E-state index in [0.29, 0.717) is 26.2 Å². The van der Waals surface area contributed by atoms with Crippen molar-refractivity contribution in [1.29, 1.82) is 0 Å². The van der Waals surface area contributed by atoms with E-state index in [9.17, 15) is 22.8 Å². The highest BCUT2D eigenvalue weighted by Gasteiger charge is 2.33. The summed E-state index contributed by atoms with van der Waals surface area (Å²) < 4.78 is 39.4. The van der Waals surface area contributed by atoms with Crippen molar-refractivity contribution in [1.82, 2.24) is 9.80 Å². The quantitative estimate of drug-likeness (QED) is 0.656. The molecule has 1 fully saturated rings. The summed E-state index contributed by atoms with van der Waals surface area (Å²) in [7, 11) is 0. The van der Waals surface area contributed by atoms with Crippen LogP contribution in [0.15, 0.2) is 48.5 Å². The lowest BCUT2D eigenvalue weighted by atomic mass is 10.1. The third-order valence-corrected chi connectivity index (χ3v) is 5.89. The van der Waals surface area contributed by atoms with Gasteiger partial charge in [0, 0.05) is 37.9 Å². The number of nitrogens with one attached hydrogen (secondary N) is 1. The Hall–Kier alpha value is -3.07. The molecule has 0 atom stereocenters. The lowest BCUT2D eigenvalue weighted by Crippen LogP contribution is -2.53. The van der Waals surface area contributed by atoms with E-state index in [4.69, 9.17) is 0 Å². The molecule has 6 nitrogen and oxygen atoms in total. The molecule has 3 rings (SSSR count). The first-order valence-electron chi connectivity index (χ1n) is 11.3. The topological polar surface area (TPSA) is 55.9 Å². The average molecular weight is 477 g/mol. The number of hydrogen-bond donors (Lipinski definition) is 1. The number of amides is 2. The number of carbonyl (C=O) groups excluding carboxylic acids is 2. The Morgan fingerprint density at radius 1 is 1.00 bits per heavy atom. The zero-order valence-electron chi connectivity index (χ0n) is 19.7. The van der Waals surface area contributed by atoms with E-state index in [2.05, 4.69) is 10.2 Å². The molecule has 2 aromatic carbocycles. The van der Waals surface area contributed by atoms with Crippen molar-refractivity contribution >= 4 is 23.2 Å². The first kappa shape index (κ1) is 25.6. The van der Waals surface area contributed by atoms with Crippen LogP contribution in [0.2, 0.25) is 0 Å². The van der Waals surface area contributed by atoms with Crippen LogP contribution in [-0.4, -0.2) is 66.9 Å². The van der Waals surface area contributed by atoms with Crippen LogP contribution < -0.4 is 10.2 Å². The highest BCUT2D eigenvalue weighted by molar-refractivity contribution is 5.93. The van der Waals surface area contributed by atoms with Crippen molar-refractivity contribution < 1.29 is 22.8 Å². The number of alkyl halides is 3. The van der Waals surface area contributed by atoms with Gasteiger partial charge in [0.15, 0.2) is 0 Å². The Balaban J connectivity index is 1.51. The second-order valence-electron chi connectivity index (χ2n) is 8.81. The van der Waals surface area contributed by atoms with E-state index < -0.39 is 17.6 Å². The standard InChI is InChI=1S/C25H31F3N4O2/c1-18(2)32(20-10-8-19(3)9-11-20)17-24(34)31-14-12-30(13-15-31)16-23(33)29-22-7-5-4-6-21(22)25(26,27)28/h4-11,18H,12-17H2,1-3H3,(H,29,33). The minimum atomic E-state index is -4.54. The SMILES string of the molecule is Cc1ccc(N(CC(=O)N2CCN(CC(=O)Nc3ccccc3C(F)(F)F)CC2)C(C)C)cc1. The molecular formula is C25H31F3N4O2. The van der Waals surface area contributed by atoms with Gasteiger partial charge in [-0.1, -0.05) is 29.8 Å². The fourth-order valence-electron chi connectivity index (χ4n) is 3.94. The number of carbonyl (C=O) groups is 2. The van der Waals surface area contributed by atoms with Gasteiger partial charge < -0.3 is 15.1 Å². The molecule has 1 saturated heterocycles. The molecule has 1 aliphatic heterocycles. The first-order valence-corrected chi connectivity index (χ1v) is 11.3. The Bertz CT molecular complexity index is 984. The van der Waals surface area contributed by atoms with Crippen LogP contribution in [0.5, 0.6) is 0 Å². The number of piperazine rings is 1. The molecule has 0 aromatic heterocycles. The molecule has 34 heavy (non-hydrogen) atoms. The molecular weight excluding hydrogens is 445 g/mol. The summed E-state index contributed by atoms with van der Waals surface area (Å²) in [5, 5.41) is 2.37. The van der Waals surface area contributed by atoms with E-state index >= 15 is 0 Å². The van der Waals surface area contributed by atoms with Gasteiger partial charge in [-0.05, 0) is 45.0 Å². The van der Waals surface area contributed by atoms with Gasteiger partial charge in [0.05, 0.1) is 24.3 Å². The number of aryl methyl sites for hydroxylation is 1. The summed E-state index contributed by atoms with van der Waals surface area (Å²) >= 11 is 0. The lowest BCUT2D eigenvalue weighted by Gasteiger charge is -2.36. The zero-order chi connectivity index (χ0) is 24.9. The molecule has 1 N–H and O–H groups in total. The van der Waals surface area contributed by atoms with Gasteiger partial charge in [-0.3, -0.25) is 14.5 Å². The van der Waals surface area contributed by atoms with Crippen LogP contribution in [0.1, 0.15) is 25.0 Å². The monoisotopic (exact) mass is 476 g/mol. The summed E-state index contributed by atoms with van der Waals surface area (Å²) in [6, 6.07) is 13.1. The molecule has 0 saturated carbocycles. The summed E-state index contributed by atoms with van der Waals surface area (Å²) in [6.07, 6.45) is -4.54. The number of benzene rings is 2. The van der Waals surface area contributed by atoms with Crippen LogP contribution in [0.25, 0.3) is 0 Å².